The van der Waals surface area contributed by atoms with Crippen molar-refractivity contribution in [3.63, 3.8) is 0 Å². The lowest BCUT2D eigenvalue weighted by atomic mass is 9.93. The first-order valence-electron chi connectivity index (χ1n) is 10.7. The molecule has 1 aromatic carbocycles. The van der Waals surface area contributed by atoms with Gasteiger partial charge in [-0.2, -0.15) is 0 Å². The minimum atomic E-state index is -3.69. The third-order valence-electron chi connectivity index (χ3n) is 6.01. The van der Waals surface area contributed by atoms with Crippen LogP contribution in [0.1, 0.15) is 56.8 Å². The van der Waals surface area contributed by atoms with Gasteiger partial charge in [0.15, 0.2) is 0 Å². The van der Waals surface area contributed by atoms with E-state index in [1.54, 1.807) is 51.4 Å². The number of piperidine rings is 1. The number of pyridine rings is 1. The highest BCUT2D eigenvalue weighted by atomic mass is 32.2. The smallest absolute Gasteiger partial charge is 0.257 e. The number of anilines is 2. The molecule has 4 rings (SSSR count). The average Bonchev–Trinajstić information content (AvgIpc) is 3.46. The van der Waals surface area contributed by atoms with Crippen LogP contribution >= 0.6 is 0 Å². The second kappa shape index (κ2) is 7.91. The zero-order valence-corrected chi connectivity index (χ0v) is 19.1. The molecule has 0 atom stereocenters. The largest absolute Gasteiger partial charge is 0.370 e. The molecule has 2 fully saturated rings. The Morgan fingerprint density at radius 1 is 1.10 bits per heavy atom. The second-order valence-electron chi connectivity index (χ2n) is 9.72. The summed E-state index contributed by atoms with van der Waals surface area (Å²) in [6, 6.07) is 8.02. The molecule has 0 bridgehead atoms. The third kappa shape index (κ3) is 5.07. The highest BCUT2D eigenvalue weighted by Crippen LogP contribution is 2.54. The van der Waals surface area contributed by atoms with Crippen molar-refractivity contribution >= 4 is 27.3 Å². The Morgan fingerprint density at radius 2 is 1.81 bits per heavy atom. The van der Waals surface area contributed by atoms with Crippen molar-refractivity contribution in [1.29, 1.82) is 0 Å². The Bertz CT molecular complexity index is 1080. The molecule has 0 radical (unpaired) electrons. The van der Waals surface area contributed by atoms with E-state index in [2.05, 4.69) is 19.9 Å². The highest BCUT2D eigenvalue weighted by Gasteiger charge is 2.44. The first-order chi connectivity index (χ1) is 14.6. The number of carbonyl (C=O) groups excluding carboxylic acids is 1. The molecule has 2 aromatic rings. The van der Waals surface area contributed by atoms with E-state index >= 15 is 0 Å². The van der Waals surface area contributed by atoms with Gasteiger partial charge >= 0.3 is 0 Å². The SMILES string of the molecule is CC(C)(C)NS(=O)(=O)c1cccc(NC(=O)c2ccncc2N2CCC3(CC2)CC3)c1. The molecule has 1 aliphatic heterocycles. The molecule has 1 amide bonds. The van der Waals surface area contributed by atoms with E-state index in [0.29, 0.717) is 16.7 Å². The number of benzene rings is 1. The van der Waals surface area contributed by atoms with Gasteiger partial charge in [0.1, 0.15) is 0 Å². The quantitative estimate of drug-likeness (QED) is 0.735. The number of nitrogens with one attached hydrogen (secondary N) is 2. The van der Waals surface area contributed by atoms with Gasteiger partial charge < -0.3 is 10.2 Å². The van der Waals surface area contributed by atoms with Crippen LogP contribution in [0.2, 0.25) is 0 Å². The van der Waals surface area contributed by atoms with Crippen LogP contribution in [0.15, 0.2) is 47.6 Å². The molecule has 1 aromatic heterocycles. The van der Waals surface area contributed by atoms with Gasteiger partial charge in [-0.25, -0.2) is 13.1 Å². The molecule has 1 saturated heterocycles. The molecule has 0 unspecified atom stereocenters. The maximum Gasteiger partial charge on any atom is 0.257 e. The molecule has 1 spiro atoms. The second-order valence-corrected chi connectivity index (χ2v) is 11.4. The molecular formula is C23H30N4O3S. The Morgan fingerprint density at radius 3 is 2.45 bits per heavy atom. The molecule has 2 N–H and O–H groups in total. The van der Waals surface area contributed by atoms with Crippen LogP contribution in [0.25, 0.3) is 0 Å². The van der Waals surface area contributed by atoms with E-state index in [1.807, 2.05) is 0 Å². The number of nitrogens with zero attached hydrogens (tertiary/aromatic N) is 2. The molecule has 2 aliphatic rings. The minimum Gasteiger partial charge on any atom is -0.370 e. The first-order valence-corrected chi connectivity index (χ1v) is 12.2. The minimum absolute atomic E-state index is 0.112. The summed E-state index contributed by atoms with van der Waals surface area (Å²) in [5, 5.41) is 2.86. The third-order valence-corrected chi connectivity index (χ3v) is 7.76. The number of amides is 1. The standard InChI is InChI=1S/C23H30N4O3S/c1-22(2,3)26-31(29,30)18-6-4-5-17(15-18)25-21(28)19-7-12-24-16-20(19)27-13-10-23(8-9-23)11-14-27/h4-7,12,15-16,26H,8-11,13-14H2,1-3H3,(H,25,28). The van der Waals surface area contributed by atoms with Crippen LogP contribution < -0.4 is 14.9 Å². The maximum absolute atomic E-state index is 13.1. The van der Waals surface area contributed by atoms with Crippen LogP contribution in [-0.2, 0) is 10.0 Å². The Hall–Kier alpha value is -2.45. The number of aromatic nitrogens is 1. The van der Waals surface area contributed by atoms with Crippen LogP contribution in [0, 0.1) is 5.41 Å². The summed E-state index contributed by atoms with van der Waals surface area (Å²) >= 11 is 0. The molecular weight excluding hydrogens is 412 g/mol. The van der Waals surface area contributed by atoms with Gasteiger partial charge in [-0.3, -0.25) is 9.78 Å². The van der Waals surface area contributed by atoms with Gasteiger partial charge in [0.25, 0.3) is 5.91 Å². The Labute approximate surface area is 184 Å². The van der Waals surface area contributed by atoms with Gasteiger partial charge in [0.05, 0.1) is 22.3 Å². The zero-order chi connectivity index (χ0) is 22.3. The first kappa shape index (κ1) is 21.8. The van der Waals surface area contributed by atoms with Crippen LogP contribution in [0.5, 0.6) is 0 Å². The predicted octanol–water partition coefficient (Wildman–Crippen LogP) is 3.79. The van der Waals surface area contributed by atoms with Crippen molar-refractivity contribution in [2.45, 2.75) is 56.9 Å². The molecule has 1 aliphatic carbocycles. The summed E-state index contributed by atoms with van der Waals surface area (Å²) in [4.78, 5) is 19.7. The number of carbonyl (C=O) groups is 1. The summed E-state index contributed by atoms with van der Waals surface area (Å²) in [5.41, 5.74) is 1.75. The number of hydrogen-bond acceptors (Lipinski definition) is 5. The molecule has 2 heterocycles. The lowest BCUT2D eigenvalue weighted by molar-refractivity contribution is 0.102. The van der Waals surface area contributed by atoms with Gasteiger partial charge in [-0.1, -0.05) is 6.07 Å². The van der Waals surface area contributed by atoms with E-state index in [9.17, 15) is 13.2 Å². The maximum atomic E-state index is 13.1. The summed E-state index contributed by atoms with van der Waals surface area (Å²) in [5.74, 6) is -0.276. The molecule has 166 valence electrons. The normalized spacial score (nSPS) is 18.1. The number of hydrogen-bond donors (Lipinski definition) is 2. The summed E-state index contributed by atoms with van der Waals surface area (Å²) in [6.07, 6.45) is 8.31. The van der Waals surface area contributed by atoms with Gasteiger partial charge in [0.2, 0.25) is 10.0 Å². The zero-order valence-electron chi connectivity index (χ0n) is 18.3. The Kier molecular flexibility index (Phi) is 5.55. The van der Waals surface area contributed by atoms with Crippen molar-refractivity contribution < 1.29 is 13.2 Å². The van der Waals surface area contributed by atoms with Crippen molar-refractivity contribution in [3.05, 3.63) is 48.3 Å². The van der Waals surface area contributed by atoms with Gasteiger partial charge in [-0.15, -0.1) is 0 Å². The van der Waals surface area contributed by atoms with Gasteiger partial charge in [-0.05, 0) is 76.1 Å². The molecule has 7 nitrogen and oxygen atoms in total. The van der Waals surface area contributed by atoms with E-state index < -0.39 is 15.6 Å². The molecule has 1 saturated carbocycles. The van der Waals surface area contributed by atoms with E-state index in [1.165, 1.54) is 25.0 Å². The summed E-state index contributed by atoms with van der Waals surface area (Å²) in [6.45, 7) is 7.21. The fourth-order valence-corrected chi connectivity index (χ4v) is 5.59. The predicted molar refractivity (Wildman–Crippen MR) is 122 cm³/mol. The molecule has 31 heavy (non-hydrogen) atoms. The lowest BCUT2D eigenvalue weighted by Crippen LogP contribution is -2.40. The van der Waals surface area contributed by atoms with Crippen LogP contribution in [0.3, 0.4) is 0 Å². The van der Waals surface area contributed by atoms with Crippen molar-refractivity contribution in [3.8, 4) is 0 Å². The van der Waals surface area contributed by atoms with Gasteiger partial charge in [0, 0.05) is 30.5 Å². The topological polar surface area (TPSA) is 91.4 Å². The van der Waals surface area contributed by atoms with E-state index in [-0.39, 0.29) is 10.8 Å². The van der Waals surface area contributed by atoms with Crippen molar-refractivity contribution in [2.75, 3.05) is 23.3 Å². The highest BCUT2D eigenvalue weighted by molar-refractivity contribution is 7.89. The van der Waals surface area contributed by atoms with Crippen LogP contribution in [0.4, 0.5) is 11.4 Å². The Balaban J connectivity index is 1.52. The average molecular weight is 443 g/mol. The fraction of sp³-hybridized carbons (Fsp3) is 0.478. The fourth-order valence-electron chi connectivity index (χ4n) is 4.13. The number of sulfonamides is 1. The molecule has 8 heteroatoms. The van der Waals surface area contributed by atoms with Crippen molar-refractivity contribution in [1.82, 2.24) is 9.71 Å². The monoisotopic (exact) mass is 442 g/mol. The lowest BCUT2D eigenvalue weighted by Gasteiger charge is -2.34. The summed E-state index contributed by atoms with van der Waals surface area (Å²) in [7, 11) is -3.69. The van der Waals surface area contributed by atoms with Crippen LogP contribution in [-0.4, -0.2) is 37.9 Å². The number of rotatable bonds is 5. The van der Waals surface area contributed by atoms with E-state index in [0.717, 1.165) is 31.6 Å². The summed E-state index contributed by atoms with van der Waals surface area (Å²) < 4.78 is 27.9. The van der Waals surface area contributed by atoms with Crippen molar-refractivity contribution in [2.24, 2.45) is 5.41 Å². The van der Waals surface area contributed by atoms with E-state index in [4.69, 9.17) is 0 Å².